The van der Waals surface area contributed by atoms with Gasteiger partial charge in [-0.2, -0.15) is 0 Å². The largest absolute Gasteiger partial charge is 0.478 e. The molecule has 2 N–H and O–H groups in total. The number of anilines is 1. The third-order valence-corrected chi connectivity index (χ3v) is 4.66. The summed E-state index contributed by atoms with van der Waals surface area (Å²) in [7, 11) is 0. The van der Waals surface area contributed by atoms with Crippen molar-refractivity contribution in [2.24, 2.45) is 0 Å². The van der Waals surface area contributed by atoms with E-state index in [0.717, 1.165) is 11.4 Å². The molecular weight excluding hydrogens is 366 g/mol. The lowest BCUT2D eigenvalue weighted by Gasteiger charge is -2.08. The number of carbonyl (C=O) groups excluding carboxylic acids is 1. The number of nitrogens with zero attached hydrogens (tertiary/aromatic N) is 4. The molecule has 1 aromatic carbocycles. The highest BCUT2D eigenvalue weighted by Gasteiger charge is 2.15. The third kappa shape index (κ3) is 4.50. The van der Waals surface area contributed by atoms with E-state index in [9.17, 15) is 9.59 Å². The van der Waals surface area contributed by atoms with Crippen LogP contribution in [-0.4, -0.2) is 42.5 Å². The van der Waals surface area contributed by atoms with E-state index in [0.29, 0.717) is 17.4 Å². The van der Waals surface area contributed by atoms with Gasteiger partial charge in [-0.05, 0) is 37.3 Å². The molecule has 3 aromatic rings. The van der Waals surface area contributed by atoms with Gasteiger partial charge in [0.1, 0.15) is 0 Å². The molecule has 0 unspecified atom stereocenters. The molecule has 2 aromatic heterocycles. The average Bonchev–Trinajstić information content (AvgIpc) is 3.10. The number of aromatic nitrogens is 4. The number of hydrogen-bond donors (Lipinski definition) is 2. The van der Waals surface area contributed by atoms with Crippen LogP contribution in [0.25, 0.3) is 11.4 Å². The fraction of sp³-hybridized carbons (Fsp3) is 0.167. The van der Waals surface area contributed by atoms with Gasteiger partial charge in [0, 0.05) is 30.2 Å². The van der Waals surface area contributed by atoms with Crippen LogP contribution in [0.15, 0.2) is 53.9 Å². The van der Waals surface area contributed by atoms with Crippen molar-refractivity contribution >= 4 is 29.3 Å². The van der Waals surface area contributed by atoms with E-state index < -0.39 is 5.97 Å². The molecule has 0 aliphatic rings. The summed E-state index contributed by atoms with van der Waals surface area (Å²) in [5.74, 6) is -0.443. The summed E-state index contributed by atoms with van der Waals surface area (Å²) in [4.78, 5) is 27.2. The number of amides is 1. The van der Waals surface area contributed by atoms with Crippen molar-refractivity contribution in [1.29, 1.82) is 0 Å². The van der Waals surface area contributed by atoms with Crippen LogP contribution in [0.2, 0.25) is 0 Å². The Labute approximate surface area is 159 Å². The topological polar surface area (TPSA) is 110 Å². The van der Waals surface area contributed by atoms with Crippen molar-refractivity contribution < 1.29 is 14.7 Å². The Morgan fingerprint density at radius 2 is 1.96 bits per heavy atom. The molecule has 0 radical (unpaired) electrons. The Bertz CT molecular complexity index is 959. The van der Waals surface area contributed by atoms with Crippen molar-refractivity contribution in [3.8, 4) is 11.4 Å². The number of rotatable bonds is 7. The molecule has 0 bridgehead atoms. The molecule has 0 saturated carbocycles. The molecule has 27 heavy (non-hydrogen) atoms. The molecule has 0 atom stereocenters. The Kier molecular flexibility index (Phi) is 5.82. The second-order valence-electron chi connectivity index (χ2n) is 5.51. The standard InChI is InChI=1S/C18H17N5O3S/c1-2-23-16(12-6-8-19-9-7-12)21-22-18(23)27-11-15(24)20-14-5-3-4-13(10-14)17(25)26/h3-10H,2,11H2,1H3,(H,20,24)(H,25,26). The van der Waals surface area contributed by atoms with Crippen molar-refractivity contribution in [3.63, 3.8) is 0 Å². The minimum atomic E-state index is -1.04. The highest BCUT2D eigenvalue weighted by atomic mass is 32.2. The summed E-state index contributed by atoms with van der Waals surface area (Å²) in [5.41, 5.74) is 1.46. The van der Waals surface area contributed by atoms with Gasteiger partial charge in [-0.1, -0.05) is 17.8 Å². The van der Waals surface area contributed by atoms with Crippen LogP contribution in [0.1, 0.15) is 17.3 Å². The molecule has 0 fully saturated rings. The Balaban J connectivity index is 1.66. The molecular formula is C18H17N5O3S. The number of aromatic carboxylic acids is 1. The second kappa shape index (κ2) is 8.45. The van der Waals surface area contributed by atoms with Crippen LogP contribution < -0.4 is 5.32 Å². The van der Waals surface area contributed by atoms with Gasteiger partial charge in [0.15, 0.2) is 11.0 Å². The van der Waals surface area contributed by atoms with Gasteiger partial charge < -0.3 is 15.0 Å². The van der Waals surface area contributed by atoms with Crippen molar-refractivity contribution in [3.05, 3.63) is 54.4 Å². The van der Waals surface area contributed by atoms with Crippen LogP contribution >= 0.6 is 11.8 Å². The lowest BCUT2D eigenvalue weighted by molar-refractivity contribution is -0.113. The fourth-order valence-corrected chi connectivity index (χ4v) is 3.25. The smallest absolute Gasteiger partial charge is 0.335 e. The highest BCUT2D eigenvalue weighted by molar-refractivity contribution is 7.99. The molecule has 2 heterocycles. The fourth-order valence-electron chi connectivity index (χ4n) is 2.45. The zero-order valence-electron chi connectivity index (χ0n) is 14.5. The summed E-state index contributed by atoms with van der Waals surface area (Å²) < 4.78 is 1.93. The van der Waals surface area contributed by atoms with E-state index >= 15 is 0 Å². The minimum Gasteiger partial charge on any atom is -0.478 e. The molecule has 9 heteroatoms. The molecule has 138 valence electrons. The lowest BCUT2D eigenvalue weighted by Crippen LogP contribution is -2.15. The van der Waals surface area contributed by atoms with E-state index in [4.69, 9.17) is 5.11 Å². The Morgan fingerprint density at radius 3 is 2.67 bits per heavy atom. The van der Waals surface area contributed by atoms with Gasteiger partial charge >= 0.3 is 5.97 Å². The number of carbonyl (C=O) groups is 2. The SMILES string of the molecule is CCn1c(SCC(=O)Nc2cccc(C(=O)O)c2)nnc1-c1ccncc1. The number of carboxylic acids is 1. The van der Waals surface area contributed by atoms with Gasteiger partial charge in [-0.3, -0.25) is 9.78 Å². The van der Waals surface area contributed by atoms with E-state index in [1.807, 2.05) is 23.6 Å². The number of hydrogen-bond acceptors (Lipinski definition) is 6. The van der Waals surface area contributed by atoms with Crippen LogP contribution in [-0.2, 0) is 11.3 Å². The molecule has 0 spiro atoms. The maximum absolute atomic E-state index is 12.2. The first-order valence-electron chi connectivity index (χ1n) is 8.18. The van der Waals surface area contributed by atoms with Gasteiger partial charge in [-0.25, -0.2) is 4.79 Å². The van der Waals surface area contributed by atoms with Crippen LogP contribution in [0.4, 0.5) is 5.69 Å². The molecule has 0 aliphatic carbocycles. The molecule has 1 amide bonds. The summed E-state index contributed by atoms with van der Waals surface area (Å²) in [5, 5.41) is 20.7. The van der Waals surface area contributed by atoms with Gasteiger partial charge in [0.05, 0.1) is 11.3 Å². The lowest BCUT2D eigenvalue weighted by atomic mass is 10.2. The van der Waals surface area contributed by atoms with Crippen LogP contribution in [0.3, 0.4) is 0 Å². The third-order valence-electron chi connectivity index (χ3n) is 3.70. The van der Waals surface area contributed by atoms with Crippen molar-refractivity contribution in [2.75, 3.05) is 11.1 Å². The van der Waals surface area contributed by atoms with Crippen molar-refractivity contribution in [2.45, 2.75) is 18.6 Å². The van der Waals surface area contributed by atoms with E-state index in [-0.39, 0.29) is 17.2 Å². The molecule has 8 nitrogen and oxygen atoms in total. The number of nitrogens with one attached hydrogen (secondary N) is 1. The van der Waals surface area contributed by atoms with Gasteiger partial charge in [0.2, 0.25) is 5.91 Å². The number of benzene rings is 1. The Morgan fingerprint density at radius 1 is 1.19 bits per heavy atom. The van der Waals surface area contributed by atoms with Crippen LogP contribution in [0, 0.1) is 0 Å². The number of pyridine rings is 1. The monoisotopic (exact) mass is 383 g/mol. The molecule has 0 saturated heterocycles. The maximum Gasteiger partial charge on any atom is 0.335 e. The molecule has 0 aliphatic heterocycles. The second-order valence-corrected chi connectivity index (χ2v) is 6.45. The van der Waals surface area contributed by atoms with Gasteiger partial charge in [-0.15, -0.1) is 10.2 Å². The van der Waals surface area contributed by atoms with Crippen molar-refractivity contribution in [1.82, 2.24) is 19.7 Å². The Hall–Kier alpha value is -3.20. The first-order chi connectivity index (χ1) is 13.1. The van der Waals surface area contributed by atoms with E-state index in [1.165, 1.54) is 23.9 Å². The average molecular weight is 383 g/mol. The first-order valence-corrected chi connectivity index (χ1v) is 9.16. The van der Waals surface area contributed by atoms with E-state index in [1.54, 1.807) is 24.5 Å². The number of carboxylic acid groups (broad SMARTS) is 1. The normalized spacial score (nSPS) is 10.6. The quantitative estimate of drug-likeness (QED) is 0.604. The summed E-state index contributed by atoms with van der Waals surface area (Å²) in [6, 6.07) is 9.82. The van der Waals surface area contributed by atoms with Crippen LogP contribution in [0.5, 0.6) is 0 Å². The predicted molar refractivity (Wildman–Crippen MR) is 102 cm³/mol. The summed E-state index contributed by atoms with van der Waals surface area (Å²) in [6.07, 6.45) is 3.38. The highest BCUT2D eigenvalue weighted by Crippen LogP contribution is 2.23. The zero-order valence-corrected chi connectivity index (χ0v) is 15.3. The van der Waals surface area contributed by atoms with E-state index in [2.05, 4.69) is 20.5 Å². The van der Waals surface area contributed by atoms with Gasteiger partial charge in [0.25, 0.3) is 0 Å². The predicted octanol–water partition coefficient (Wildman–Crippen LogP) is 2.79. The zero-order chi connectivity index (χ0) is 19.2. The molecule has 3 rings (SSSR count). The first kappa shape index (κ1) is 18.6. The number of thioether (sulfide) groups is 1. The maximum atomic E-state index is 12.2. The minimum absolute atomic E-state index is 0.119. The summed E-state index contributed by atoms with van der Waals surface area (Å²) in [6.45, 7) is 2.64. The summed E-state index contributed by atoms with van der Waals surface area (Å²) >= 11 is 1.27.